The van der Waals surface area contributed by atoms with Crippen LogP contribution < -0.4 is 16.4 Å². The fourth-order valence-corrected chi connectivity index (χ4v) is 2.58. The summed E-state index contributed by atoms with van der Waals surface area (Å²) in [5, 5.41) is 13.5. The molecule has 0 saturated carbocycles. The molecule has 2 amide bonds. The number of carbonyl (C=O) groups is 2. The molecule has 0 aliphatic heterocycles. The monoisotopic (exact) mass is 383 g/mol. The summed E-state index contributed by atoms with van der Waals surface area (Å²) in [5.74, 6) is -1.90. The summed E-state index contributed by atoms with van der Waals surface area (Å²) in [6.45, 7) is 0. The van der Waals surface area contributed by atoms with Gasteiger partial charge in [0.2, 0.25) is 0 Å². The van der Waals surface area contributed by atoms with Gasteiger partial charge in [0.15, 0.2) is 0 Å². The maximum atomic E-state index is 14.0. The van der Waals surface area contributed by atoms with E-state index >= 15 is 0 Å². The number of anilines is 3. The lowest BCUT2D eigenvalue weighted by Crippen LogP contribution is -2.13. The van der Waals surface area contributed by atoms with Crippen molar-refractivity contribution in [2.45, 2.75) is 0 Å². The van der Waals surface area contributed by atoms with E-state index in [9.17, 15) is 18.4 Å². The highest BCUT2D eigenvalue weighted by Gasteiger charge is 2.12. The number of nitrogens with two attached hydrogens (primary N) is 1. The molecule has 3 aromatic carbocycles. The third-order valence-corrected chi connectivity index (χ3v) is 3.94. The molecule has 5 N–H and O–H groups in total. The second-order valence-corrected chi connectivity index (χ2v) is 5.89. The molecule has 0 heterocycles. The molecular weight excluding hydrogens is 368 g/mol. The molecule has 0 aliphatic carbocycles. The van der Waals surface area contributed by atoms with Crippen molar-refractivity contribution >= 4 is 29.1 Å². The van der Waals surface area contributed by atoms with Gasteiger partial charge in [0.05, 0.1) is 11.4 Å². The third-order valence-electron chi connectivity index (χ3n) is 3.94. The van der Waals surface area contributed by atoms with Gasteiger partial charge < -0.3 is 16.2 Å². The molecule has 3 rings (SSSR count). The molecule has 0 fully saturated rings. The van der Waals surface area contributed by atoms with Crippen LogP contribution in [0.5, 0.6) is 0 Å². The number of halogens is 2. The Morgan fingerprint density at radius 3 is 2.25 bits per heavy atom. The van der Waals surface area contributed by atoms with Crippen molar-refractivity contribution in [3.8, 4) is 11.1 Å². The van der Waals surface area contributed by atoms with Crippen LogP contribution >= 0.6 is 0 Å². The quantitative estimate of drug-likeness (QED) is 0.496. The zero-order valence-corrected chi connectivity index (χ0v) is 14.4. The largest absolute Gasteiger partial charge is 0.465 e. The molecule has 0 bridgehead atoms. The van der Waals surface area contributed by atoms with Gasteiger partial charge >= 0.3 is 6.09 Å². The van der Waals surface area contributed by atoms with Crippen molar-refractivity contribution in [3.63, 3.8) is 0 Å². The van der Waals surface area contributed by atoms with Gasteiger partial charge in [0.25, 0.3) is 5.91 Å². The standard InChI is InChI=1S/C20H15F2N3O3/c21-13-4-7-15(16(22)10-13)12-3-8-17(23)18(9-12)25-19(26)11-1-5-14(6-2-11)24-20(27)28/h1-10,24H,23H2,(H,25,26)(H,27,28). The molecular formula is C20H15F2N3O3. The molecule has 8 heteroatoms. The maximum absolute atomic E-state index is 14.0. The van der Waals surface area contributed by atoms with E-state index in [1.54, 1.807) is 6.07 Å². The molecule has 28 heavy (non-hydrogen) atoms. The van der Waals surface area contributed by atoms with Crippen molar-refractivity contribution in [2.75, 3.05) is 16.4 Å². The van der Waals surface area contributed by atoms with E-state index in [-0.39, 0.29) is 22.5 Å². The molecule has 0 radical (unpaired) electrons. The summed E-state index contributed by atoms with van der Waals surface area (Å²) < 4.78 is 27.1. The third kappa shape index (κ3) is 4.24. The van der Waals surface area contributed by atoms with Crippen LogP contribution in [0.1, 0.15) is 10.4 Å². The van der Waals surface area contributed by atoms with Gasteiger partial charge in [0.1, 0.15) is 11.6 Å². The molecule has 0 saturated heterocycles. The average Bonchev–Trinajstić information content (AvgIpc) is 2.64. The lowest BCUT2D eigenvalue weighted by atomic mass is 10.0. The second kappa shape index (κ2) is 7.75. The van der Waals surface area contributed by atoms with Crippen molar-refractivity contribution in [2.24, 2.45) is 0 Å². The summed E-state index contributed by atoms with van der Waals surface area (Å²) >= 11 is 0. The number of hydrogen-bond donors (Lipinski definition) is 4. The Labute approximate surface area is 158 Å². The van der Waals surface area contributed by atoms with Crippen molar-refractivity contribution < 1.29 is 23.5 Å². The fourth-order valence-electron chi connectivity index (χ4n) is 2.58. The molecule has 0 aromatic heterocycles. The Bertz CT molecular complexity index is 1050. The second-order valence-electron chi connectivity index (χ2n) is 5.89. The molecule has 0 atom stereocenters. The highest BCUT2D eigenvalue weighted by atomic mass is 19.1. The number of amides is 2. The van der Waals surface area contributed by atoms with Crippen LogP contribution in [-0.2, 0) is 0 Å². The van der Waals surface area contributed by atoms with Crippen molar-refractivity contribution in [1.82, 2.24) is 0 Å². The number of carboxylic acid groups (broad SMARTS) is 1. The van der Waals surface area contributed by atoms with Gasteiger partial charge in [-0.25, -0.2) is 13.6 Å². The number of hydrogen-bond acceptors (Lipinski definition) is 3. The van der Waals surface area contributed by atoms with Crippen LogP contribution in [0.3, 0.4) is 0 Å². The summed E-state index contributed by atoms with van der Waals surface area (Å²) in [6.07, 6.45) is -1.21. The highest BCUT2D eigenvalue weighted by molar-refractivity contribution is 6.06. The normalized spacial score (nSPS) is 10.4. The predicted molar refractivity (Wildman–Crippen MR) is 102 cm³/mol. The van der Waals surface area contributed by atoms with Crippen LogP contribution in [0, 0.1) is 11.6 Å². The van der Waals surface area contributed by atoms with Crippen LogP contribution in [0.2, 0.25) is 0 Å². The lowest BCUT2D eigenvalue weighted by molar-refractivity contribution is 0.102. The van der Waals surface area contributed by atoms with E-state index in [1.165, 1.54) is 42.5 Å². The van der Waals surface area contributed by atoms with Gasteiger partial charge in [-0.2, -0.15) is 0 Å². The molecule has 0 aliphatic rings. The van der Waals surface area contributed by atoms with Crippen LogP contribution in [0.25, 0.3) is 11.1 Å². The SMILES string of the molecule is Nc1ccc(-c2ccc(F)cc2F)cc1NC(=O)c1ccc(NC(=O)O)cc1. The van der Waals surface area contributed by atoms with E-state index < -0.39 is 23.6 Å². The Morgan fingerprint density at radius 2 is 1.61 bits per heavy atom. The topological polar surface area (TPSA) is 104 Å². The Kier molecular flexibility index (Phi) is 5.21. The maximum Gasteiger partial charge on any atom is 0.409 e. The Balaban J connectivity index is 1.83. The van der Waals surface area contributed by atoms with Gasteiger partial charge in [-0.05, 0) is 54.1 Å². The first kappa shape index (κ1) is 18.8. The van der Waals surface area contributed by atoms with Crippen molar-refractivity contribution in [1.29, 1.82) is 0 Å². The summed E-state index contributed by atoms with van der Waals surface area (Å²) in [4.78, 5) is 23.0. The molecule has 6 nitrogen and oxygen atoms in total. The van der Waals surface area contributed by atoms with E-state index in [1.807, 2.05) is 0 Å². The van der Waals surface area contributed by atoms with Gasteiger partial charge in [0, 0.05) is 22.9 Å². The van der Waals surface area contributed by atoms with Crippen LogP contribution in [0.4, 0.5) is 30.6 Å². The summed E-state index contributed by atoms with van der Waals surface area (Å²) in [7, 11) is 0. The average molecular weight is 383 g/mol. The van der Waals surface area contributed by atoms with E-state index in [0.29, 0.717) is 11.3 Å². The first-order chi connectivity index (χ1) is 13.3. The number of carbonyl (C=O) groups excluding carboxylic acids is 1. The fraction of sp³-hybridized carbons (Fsp3) is 0. The van der Waals surface area contributed by atoms with Gasteiger partial charge in [-0.3, -0.25) is 10.1 Å². The first-order valence-electron chi connectivity index (χ1n) is 8.10. The van der Waals surface area contributed by atoms with Crippen LogP contribution in [-0.4, -0.2) is 17.1 Å². The highest BCUT2D eigenvalue weighted by Crippen LogP contribution is 2.29. The summed E-state index contributed by atoms with van der Waals surface area (Å²) in [6, 6.07) is 13.5. The molecule has 0 spiro atoms. The minimum Gasteiger partial charge on any atom is -0.465 e. The molecule has 3 aromatic rings. The van der Waals surface area contributed by atoms with E-state index in [0.717, 1.165) is 12.1 Å². The zero-order chi connectivity index (χ0) is 20.3. The van der Waals surface area contributed by atoms with Gasteiger partial charge in [-0.15, -0.1) is 0 Å². The zero-order valence-electron chi connectivity index (χ0n) is 14.4. The molecule has 142 valence electrons. The van der Waals surface area contributed by atoms with E-state index in [4.69, 9.17) is 10.8 Å². The van der Waals surface area contributed by atoms with Gasteiger partial charge in [-0.1, -0.05) is 6.07 Å². The molecule has 0 unspecified atom stereocenters. The Morgan fingerprint density at radius 1 is 0.893 bits per heavy atom. The smallest absolute Gasteiger partial charge is 0.409 e. The number of rotatable bonds is 4. The number of nitrogens with one attached hydrogen (secondary N) is 2. The number of nitrogen functional groups attached to an aromatic ring is 1. The lowest BCUT2D eigenvalue weighted by Gasteiger charge is -2.12. The Hall–Kier alpha value is -3.94. The minimum atomic E-state index is -1.21. The van der Waals surface area contributed by atoms with E-state index in [2.05, 4.69) is 10.6 Å². The number of benzene rings is 3. The predicted octanol–water partition coefficient (Wildman–Crippen LogP) is 4.56. The van der Waals surface area contributed by atoms with Crippen LogP contribution in [0.15, 0.2) is 60.7 Å². The van der Waals surface area contributed by atoms with Crippen molar-refractivity contribution in [3.05, 3.63) is 77.9 Å². The first-order valence-corrected chi connectivity index (χ1v) is 8.10. The summed E-state index contributed by atoms with van der Waals surface area (Å²) in [5.41, 5.74) is 7.60. The minimum absolute atomic E-state index is 0.168.